The summed E-state index contributed by atoms with van der Waals surface area (Å²) >= 11 is 3.34. The van der Waals surface area contributed by atoms with Gasteiger partial charge in [0.1, 0.15) is 5.82 Å². The first-order valence-electron chi connectivity index (χ1n) is 5.43. The first-order valence-corrected chi connectivity index (χ1v) is 6.22. The number of benzene rings is 1. The van der Waals surface area contributed by atoms with E-state index in [0.29, 0.717) is 12.1 Å². The highest BCUT2D eigenvalue weighted by atomic mass is 79.9. The van der Waals surface area contributed by atoms with E-state index >= 15 is 0 Å². The van der Waals surface area contributed by atoms with Crippen LogP contribution in [0.5, 0.6) is 0 Å². The standard InChI is InChI=1S/C12H13BrF3N/c1-7-2-10(13)8(3-11(7)14)6-17-9-4-12(15,16)5-9/h2-3,9,17H,4-6H2,1H3. The van der Waals surface area contributed by atoms with Crippen molar-refractivity contribution in [3.05, 3.63) is 33.5 Å². The fourth-order valence-corrected chi connectivity index (χ4v) is 2.48. The van der Waals surface area contributed by atoms with Crippen LogP contribution in [0.1, 0.15) is 24.0 Å². The lowest BCUT2D eigenvalue weighted by Crippen LogP contribution is -2.48. The SMILES string of the molecule is Cc1cc(Br)c(CNC2CC(F)(F)C2)cc1F. The molecule has 0 atom stereocenters. The summed E-state index contributed by atoms with van der Waals surface area (Å²) in [5.74, 6) is -2.79. The van der Waals surface area contributed by atoms with Crippen LogP contribution < -0.4 is 5.32 Å². The molecule has 0 saturated heterocycles. The highest BCUT2D eigenvalue weighted by molar-refractivity contribution is 9.10. The number of hydrogen-bond donors (Lipinski definition) is 1. The molecule has 2 rings (SSSR count). The third kappa shape index (κ3) is 3.01. The van der Waals surface area contributed by atoms with Gasteiger partial charge in [0.15, 0.2) is 0 Å². The predicted octanol–water partition coefficient (Wildman–Crippen LogP) is 3.78. The van der Waals surface area contributed by atoms with Gasteiger partial charge >= 0.3 is 0 Å². The van der Waals surface area contributed by atoms with Crippen molar-refractivity contribution in [1.82, 2.24) is 5.32 Å². The Morgan fingerprint density at radius 2 is 2.06 bits per heavy atom. The molecule has 0 amide bonds. The Kier molecular flexibility index (Phi) is 3.50. The Morgan fingerprint density at radius 3 is 2.65 bits per heavy atom. The molecule has 1 aliphatic carbocycles. The van der Waals surface area contributed by atoms with Crippen molar-refractivity contribution in [3.8, 4) is 0 Å². The molecule has 0 radical (unpaired) electrons. The minimum absolute atomic E-state index is 0.126. The third-order valence-electron chi connectivity index (χ3n) is 3.00. The number of nitrogens with one attached hydrogen (secondary N) is 1. The van der Waals surface area contributed by atoms with E-state index in [4.69, 9.17) is 0 Å². The topological polar surface area (TPSA) is 12.0 Å². The van der Waals surface area contributed by atoms with Crippen LogP contribution in [0.2, 0.25) is 0 Å². The van der Waals surface area contributed by atoms with E-state index in [1.165, 1.54) is 6.07 Å². The molecule has 1 fully saturated rings. The molecule has 1 aromatic carbocycles. The number of aryl methyl sites for hydroxylation is 1. The van der Waals surface area contributed by atoms with E-state index in [0.717, 1.165) is 10.0 Å². The molecule has 1 saturated carbocycles. The maximum absolute atomic E-state index is 13.3. The average Bonchev–Trinajstić information content (AvgIpc) is 2.18. The Morgan fingerprint density at radius 1 is 1.41 bits per heavy atom. The quantitative estimate of drug-likeness (QED) is 0.896. The second kappa shape index (κ2) is 4.61. The molecule has 0 unspecified atom stereocenters. The predicted molar refractivity (Wildman–Crippen MR) is 63.6 cm³/mol. The number of halogens is 4. The summed E-state index contributed by atoms with van der Waals surface area (Å²) in [6.07, 6.45) is -0.252. The summed E-state index contributed by atoms with van der Waals surface area (Å²) in [5.41, 5.74) is 1.32. The zero-order valence-corrected chi connectivity index (χ0v) is 11.0. The van der Waals surface area contributed by atoms with Crippen LogP contribution in [0.25, 0.3) is 0 Å². The molecular formula is C12H13BrF3N. The van der Waals surface area contributed by atoms with Crippen molar-refractivity contribution in [2.75, 3.05) is 0 Å². The van der Waals surface area contributed by atoms with E-state index in [2.05, 4.69) is 21.2 Å². The van der Waals surface area contributed by atoms with Gasteiger partial charge < -0.3 is 5.32 Å². The van der Waals surface area contributed by atoms with Crippen molar-refractivity contribution in [2.24, 2.45) is 0 Å². The Hall–Kier alpha value is -0.550. The van der Waals surface area contributed by atoms with Crippen molar-refractivity contribution < 1.29 is 13.2 Å². The second-order valence-corrected chi connectivity index (χ2v) is 5.39. The van der Waals surface area contributed by atoms with Gasteiger partial charge in [0.2, 0.25) is 0 Å². The number of rotatable bonds is 3. The van der Waals surface area contributed by atoms with E-state index in [1.807, 2.05) is 0 Å². The monoisotopic (exact) mass is 307 g/mol. The van der Waals surface area contributed by atoms with Crippen LogP contribution in [-0.2, 0) is 6.54 Å². The minimum atomic E-state index is -2.52. The van der Waals surface area contributed by atoms with E-state index in [1.54, 1.807) is 13.0 Å². The lowest BCUT2D eigenvalue weighted by Gasteiger charge is -2.35. The molecule has 0 bridgehead atoms. The molecule has 0 spiro atoms. The van der Waals surface area contributed by atoms with E-state index in [9.17, 15) is 13.2 Å². The molecule has 94 valence electrons. The van der Waals surface area contributed by atoms with Gasteiger partial charge in [0, 0.05) is 29.9 Å². The number of hydrogen-bond acceptors (Lipinski definition) is 1. The largest absolute Gasteiger partial charge is 0.309 e. The van der Waals surface area contributed by atoms with Crippen LogP contribution in [0.15, 0.2) is 16.6 Å². The molecule has 1 aromatic rings. The molecule has 0 aromatic heterocycles. The highest BCUT2D eigenvalue weighted by Gasteiger charge is 2.44. The van der Waals surface area contributed by atoms with Crippen LogP contribution in [0.3, 0.4) is 0 Å². The summed E-state index contributed by atoms with van der Waals surface area (Å²) in [7, 11) is 0. The van der Waals surface area contributed by atoms with Gasteiger partial charge in [0.05, 0.1) is 0 Å². The molecular weight excluding hydrogens is 295 g/mol. The Bertz CT molecular complexity index is 426. The van der Waals surface area contributed by atoms with Crippen molar-refractivity contribution in [3.63, 3.8) is 0 Å². The summed E-state index contributed by atoms with van der Waals surface area (Å²) in [6.45, 7) is 2.09. The van der Waals surface area contributed by atoms with Crippen LogP contribution in [-0.4, -0.2) is 12.0 Å². The molecule has 1 aliphatic rings. The lowest BCUT2D eigenvalue weighted by molar-refractivity contribution is -0.0930. The summed E-state index contributed by atoms with van der Waals surface area (Å²) in [5, 5.41) is 3.00. The number of alkyl halides is 2. The van der Waals surface area contributed by atoms with Crippen LogP contribution in [0.4, 0.5) is 13.2 Å². The smallest absolute Gasteiger partial charge is 0.251 e. The van der Waals surface area contributed by atoms with Crippen molar-refractivity contribution >= 4 is 15.9 Å². The average molecular weight is 308 g/mol. The van der Waals surface area contributed by atoms with Gasteiger partial charge in [-0.3, -0.25) is 0 Å². The minimum Gasteiger partial charge on any atom is -0.309 e. The molecule has 5 heteroatoms. The normalized spacial score (nSPS) is 19.1. The molecule has 17 heavy (non-hydrogen) atoms. The maximum atomic E-state index is 13.3. The van der Waals surface area contributed by atoms with E-state index < -0.39 is 5.92 Å². The fraction of sp³-hybridized carbons (Fsp3) is 0.500. The maximum Gasteiger partial charge on any atom is 0.251 e. The third-order valence-corrected chi connectivity index (χ3v) is 3.74. The molecule has 0 heterocycles. The Balaban J connectivity index is 1.94. The van der Waals surface area contributed by atoms with Crippen LogP contribution >= 0.6 is 15.9 Å². The zero-order chi connectivity index (χ0) is 12.6. The van der Waals surface area contributed by atoms with Crippen molar-refractivity contribution in [1.29, 1.82) is 0 Å². The molecule has 0 aliphatic heterocycles. The van der Waals surface area contributed by atoms with Gasteiger partial charge in [-0.25, -0.2) is 13.2 Å². The van der Waals surface area contributed by atoms with Gasteiger partial charge in [0.25, 0.3) is 5.92 Å². The second-order valence-electron chi connectivity index (χ2n) is 4.53. The van der Waals surface area contributed by atoms with Crippen molar-refractivity contribution in [2.45, 2.75) is 38.3 Å². The van der Waals surface area contributed by atoms with Crippen LogP contribution in [0, 0.1) is 12.7 Å². The summed E-state index contributed by atoms with van der Waals surface area (Å²) < 4.78 is 39.3. The van der Waals surface area contributed by atoms with E-state index in [-0.39, 0.29) is 24.7 Å². The summed E-state index contributed by atoms with van der Waals surface area (Å²) in [6, 6.07) is 2.96. The molecule has 1 nitrogen and oxygen atoms in total. The van der Waals surface area contributed by atoms with Gasteiger partial charge in [-0.1, -0.05) is 15.9 Å². The first kappa shape index (κ1) is 12.9. The fourth-order valence-electron chi connectivity index (χ4n) is 1.88. The summed E-state index contributed by atoms with van der Waals surface area (Å²) in [4.78, 5) is 0. The molecule has 1 N–H and O–H groups in total. The van der Waals surface area contributed by atoms with Gasteiger partial charge in [-0.15, -0.1) is 0 Å². The first-order chi connectivity index (χ1) is 7.87. The highest BCUT2D eigenvalue weighted by Crippen LogP contribution is 2.37. The lowest BCUT2D eigenvalue weighted by atomic mass is 9.88. The zero-order valence-electron chi connectivity index (χ0n) is 9.37. The Labute approximate surface area is 107 Å². The van der Waals surface area contributed by atoms with Gasteiger partial charge in [-0.05, 0) is 30.2 Å². The van der Waals surface area contributed by atoms with Gasteiger partial charge in [-0.2, -0.15) is 0 Å².